The maximum atomic E-state index is 10.0. The predicted molar refractivity (Wildman–Crippen MR) is 50.6 cm³/mol. The lowest BCUT2D eigenvalue weighted by Crippen LogP contribution is -2.42. The van der Waals surface area contributed by atoms with Crippen LogP contribution in [-0.4, -0.2) is 36.5 Å². The second kappa shape index (κ2) is 3.95. The third-order valence-corrected chi connectivity index (χ3v) is 3.18. The molecule has 1 atom stereocenters. The van der Waals surface area contributed by atoms with Gasteiger partial charge in [-0.2, -0.15) is 0 Å². The first kappa shape index (κ1) is 9.44. The van der Waals surface area contributed by atoms with Crippen LogP contribution < -0.4 is 5.32 Å². The van der Waals surface area contributed by atoms with Gasteiger partial charge in [0.25, 0.3) is 0 Å². The molecule has 3 heteroatoms. The van der Waals surface area contributed by atoms with Crippen molar-refractivity contribution in [2.45, 2.75) is 43.7 Å². The fraction of sp³-hybridized carbons (Fsp3) is 1.00. The average Bonchev–Trinajstić information content (AvgIpc) is 2.72. The van der Waals surface area contributed by atoms with Crippen LogP contribution in [0.2, 0.25) is 0 Å². The number of rotatable bonds is 3. The van der Waals surface area contributed by atoms with Gasteiger partial charge in [-0.15, -0.1) is 0 Å². The van der Waals surface area contributed by atoms with Gasteiger partial charge in [-0.25, -0.2) is 0 Å². The Morgan fingerprint density at radius 1 is 1.38 bits per heavy atom. The SMILES string of the molecule is OC1(CNC2CCOC2)CCCC1. The molecule has 2 aliphatic rings. The normalized spacial score (nSPS) is 32.5. The quantitative estimate of drug-likeness (QED) is 0.679. The molecule has 0 aromatic carbocycles. The standard InChI is InChI=1S/C10H19NO2/c12-10(4-1-2-5-10)8-11-9-3-6-13-7-9/h9,11-12H,1-8H2. The summed E-state index contributed by atoms with van der Waals surface area (Å²) >= 11 is 0. The smallest absolute Gasteiger partial charge is 0.0771 e. The molecule has 0 aromatic rings. The fourth-order valence-corrected chi connectivity index (χ4v) is 2.24. The van der Waals surface area contributed by atoms with Crippen molar-refractivity contribution in [1.29, 1.82) is 0 Å². The van der Waals surface area contributed by atoms with Crippen LogP contribution in [0, 0.1) is 0 Å². The van der Waals surface area contributed by atoms with E-state index in [0.29, 0.717) is 6.04 Å². The van der Waals surface area contributed by atoms with Gasteiger partial charge in [0.15, 0.2) is 0 Å². The van der Waals surface area contributed by atoms with Crippen LogP contribution in [0.3, 0.4) is 0 Å². The van der Waals surface area contributed by atoms with Gasteiger partial charge in [-0.05, 0) is 19.3 Å². The van der Waals surface area contributed by atoms with Gasteiger partial charge in [-0.3, -0.25) is 0 Å². The van der Waals surface area contributed by atoms with Crippen molar-refractivity contribution in [3.05, 3.63) is 0 Å². The van der Waals surface area contributed by atoms with Crippen molar-refractivity contribution in [2.75, 3.05) is 19.8 Å². The molecule has 0 spiro atoms. The Morgan fingerprint density at radius 3 is 2.77 bits per heavy atom. The summed E-state index contributed by atoms with van der Waals surface area (Å²) in [5.41, 5.74) is -0.414. The minimum absolute atomic E-state index is 0.414. The molecule has 1 unspecified atom stereocenters. The van der Waals surface area contributed by atoms with E-state index < -0.39 is 5.60 Å². The summed E-state index contributed by atoms with van der Waals surface area (Å²) < 4.78 is 5.26. The van der Waals surface area contributed by atoms with E-state index in [1.807, 2.05) is 0 Å². The van der Waals surface area contributed by atoms with Gasteiger partial charge in [0.2, 0.25) is 0 Å². The molecule has 2 fully saturated rings. The van der Waals surface area contributed by atoms with Crippen molar-refractivity contribution in [1.82, 2.24) is 5.32 Å². The highest BCUT2D eigenvalue weighted by Crippen LogP contribution is 2.28. The molecule has 1 aliphatic heterocycles. The number of hydrogen-bond donors (Lipinski definition) is 2. The van der Waals surface area contributed by atoms with E-state index in [1.165, 1.54) is 12.8 Å². The van der Waals surface area contributed by atoms with Crippen LogP contribution in [-0.2, 0) is 4.74 Å². The first-order valence-electron chi connectivity index (χ1n) is 5.32. The topological polar surface area (TPSA) is 41.5 Å². The Balaban J connectivity index is 1.71. The summed E-state index contributed by atoms with van der Waals surface area (Å²) in [5.74, 6) is 0. The predicted octanol–water partition coefficient (Wildman–Crippen LogP) is 0.670. The van der Waals surface area contributed by atoms with Crippen LogP contribution in [0.15, 0.2) is 0 Å². The number of nitrogens with one attached hydrogen (secondary N) is 1. The van der Waals surface area contributed by atoms with Crippen molar-refractivity contribution >= 4 is 0 Å². The minimum Gasteiger partial charge on any atom is -0.389 e. The Labute approximate surface area is 79.5 Å². The molecule has 0 bridgehead atoms. The summed E-state index contributed by atoms with van der Waals surface area (Å²) in [6, 6.07) is 0.477. The Kier molecular flexibility index (Phi) is 2.86. The first-order chi connectivity index (χ1) is 6.29. The first-order valence-corrected chi connectivity index (χ1v) is 5.32. The third kappa shape index (κ3) is 2.42. The molecular weight excluding hydrogens is 166 g/mol. The summed E-state index contributed by atoms with van der Waals surface area (Å²) in [6.45, 7) is 2.44. The van der Waals surface area contributed by atoms with E-state index in [4.69, 9.17) is 4.74 Å². The molecule has 1 saturated heterocycles. The van der Waals surface area contributed by atoms with Gasteiger partial charge in [0.1, 0.15) is 0 Å². The maximum Gasteiger partial charge on any atom is 0.0771 e. The lowest BCUT2D eigenvalue weighted by molar-refractivity contribution is 0.0443. The van der Waals surface area contributed by atoms with Gasteiger partial charge in [0, 0.05) is 19.2 Å². The van der Waals surface area contributed by atoms with E-state index in [2.05, 4.69) is 5.32 Å². The molecule has 0 aromatic heterocycles. The van der Waals surface area contributed by atoms with Crippen LogP contribution >= 0.6 is 0 Å². The van der Waals surface area contributed by atoms with Crippen LogP contribution in [0.1, 0.15) is 32.1 Å². The van der Waals surface area contributed by atoms with E-state index in [0.717, 1.165) is 39.0 Å². The summed E-state index contributed by atoms with van der Waals surface area (Å²) in [5, 5.41) is 13.4. The summed E-state index contributed by atoms with van der Waals surface area (Å²) in [6.07, 6.45) is 5.38. The van der Waals surface area contributed by atoms with Crippen LogP contribution in [0.4, 0.5) is 0 Å². The zero-order valence-corrected chi connectivity index (χ0v) is 8.09. The molecule has 1 aliphatic carbocycles. The highest BCUT2D eigenvalue weighted by atomic mass is 16.5. The summed E-state index contributed by atoms with van der Waals surface area (Å²) in [4.78, 5) is 0. The minimum atomic E-state index is -0.414. The van der Waals surface area contributed by atoms with Gasteiger partial charge >= 0.3 is 0 Å². The zero-order valence-electron chi connectivity index (χ0n) is 8.09. The number of ether oxygens (including phenoxy) is 1. The lowest BCUT2D eigenvalue weighted by Gasteiger charge is -2.24. The van der Waals surface area contributed by atoms with E-state index in [1.54, 1.807) is 0 Å². The highest BCUT2D eigenvalue weighted by Gasteiger charge is 2.31. The van der Waals surface area contributed by atoms with Crippen molar-refractivity contribution in [2.24, 2.45) is 0 Å². The van der Waals surface area contributed by atoms with E-state index >= 15 is 0 Å². The molecular formula is C10H19NO2. The van der Waals surface area contributed by atoms with Crippen LogP contribution in [0.5, 0.6) is 0 Å². The van der Waals surface area contributed by atoms with Crippen LogP contribution in [0.25, 0.3) is 0 Å². The van der Waals surface area contributed by atoms with Crippen molar-refractivity contribution in [3.8, 4) is 0 Å². The molecule has 1 heterocycles. The molecule has 3 nitrogen and oxygen atoms in total. The van der Waals surface area contributed by atoms with Crippen molar-refractivity contribution < 1.29 is 9.84 Å². The van der Waals surface area contributed by atoms with E-state index in [9.17, 15) is 5.11 Å². The summed E-state index contributed by atoms with van der Waals surface area (Å²) in [7, 11) is 0. The fourth-order valence-electron chi connectivity index (χ4n) is 2.24. The van der Waals surface area contributed by atoms with Gasteiger partial charge < -0.3 is 15.2 Å². The van der Waals surface area contributed by atoms with Gasteiger partial charge in [0.05, 0.1) is 12.2 Å². The molecule has 2 rings (SSSR count). The Hall–Kier alpha value is -0.120. The Bertz CT molecular complexity index is 160. The lowest BCUT2D eigenvalue weighted by atomic mass is 10.0. The highest BCUT2D eigenvalue weighted by molar-refractivity contribution is 4.88. The number of aliphatic hydroxyl groups is 1. The zero-order chi connectivity index (χ0) is 9.15. The molecule has 0 radical (unpaired) electrons. The molecule has 13 heavy (non-hydrogen) atoms. The Morgan fingerprint density at radius 2 is 2.15 bits per heavy atom. The second-order valence-electron chi connectivity index (χ2n) is 4.37. The molecule has 2 N–H and O–H groups in total. The largest absolute Gasteiger partial charge is 0.389 e. The van der Waals surface area contributed by atoms with E-state index in [-0.39, 0.29) is 0 Å². The molecule has 76 valence electrons. The second-order valence-corrected chi connectivity index (χ2v) is 4.37. The molecule has 1 saturated carbocycles. The monoisotopic (exact) mass is 185 g/mol. The molecule has 0 amide bonds. The number of hydrogen-bond acceptors (Lipinski definition) is 3. The van der Waals surface area contributed by atoms with Gasteiger partial charge in [-0.1, -0.05) is 12.8 Å². The third-order valence-electron chi connectivity index (χ3n) is 3.18. The van der Waals surface area contributed by atoms with Crippen molar-refractivity contribution in [3.63, 3.8) is 0 Å². The average molecular weight is 185 g/mol. The maximum absolute atomic E-state index is 10.0.